The Morgan fingerprint density at radius 2 is 1.69 bits per heavy atom. The van der Waals surface area contributed by atoms with Gasteiger partial charge in [0.15, 0.2) is 0 Å². The Morgan fingerprint density at radius 1 is 1.00 bits per heavy atom. The molecule has 0 fully saturated rings. The topological polar surface area (TPSA) is 123 Å². The van der Waals surface area contributed by atoms with Gasteiger partial charge in [-0.1, -0.05) is 23.7 Å². The van der Waals surface area contributed by atoms with Crippen LogP contribution in [0.1, 0.15) is 10.4 Å². The summed E-state index contributed by atoms with van der Waals surface area (Å²) in [6, 6.07) is 17.6. The molecule has 3 aromatic carbocycles. The molecule has 0 spiro atoms. The van der Waals surface area contributed by atoms with E-state index < -0.39 is 4.92 Å². The first-order valence-electron chi connectivity index (χ1n) is 9.39. The van der Waals surface area contributed by atoms with Gasteiger partial charge in [0.1, 0.15) is 10.8 Å². The van der Waals surface area contributed by atoms with E-state index in [9.17, 15) is 19.7 Å². The Labute approximate surface area is 188 Å². The molecule has 0 aliphatic carbocycles. The summed E-state index contributed by atoms with van der Waals surface area (Å²) in [6.07, 6.45) is 0. The first kappa shape index (κ1) is 22.6. The van der Waals surface area contributed by atoms with Gasteiger partial charge >= 0.3 is 0 Å². The maximum Gasteiger partial charge on any atom is 0.289 e. The molecular weight excluding hydrogens is 436 g/mol. The number of carbonyl (C=O) groups excluding carboxylic acids is 2. The predicted octanol–water partition coefficient (Wildman–Crippen LogP) is 4.56. The van der Waals surface area contributed by atoms with Crippen LogP contribution >= 0.6 is 11.6 Å². The maximum atomic E-state index is 12.5. The standard InChI is InChI=1S/C22H19ClN4O5/c1-32-20-5-3-2-4-18(20)26-22(29)14-6-8-15(9-7-14)25-21(28)13-24-16-10-11-17(23)19(12-16)27(30)31/h2-12,24H,13H2,1H3,(H,25,28)(H,26,29). The molecule has 0 aliphatic heterocycles. The van der Waals surface area contributed by atoms with Crippen LogP contribution in [0.4, 0.5) is 22.7 Å². The molecule has 2 amide bonds. The van der Waals surface area contributed by atoms with Crippen LogP contribution in [0.3, 0.4) is 0 Å². The zero-order chi connectivity index (χ0) is 23.1. The second kappa shape index (κ2) is 10.3. The number of hydrogen-bond donors (Lipinski definition) is 3. The van der Waals surface area contributed by atoms with Crippen molar-refractivity contribution in [3.63, 3.8) is 0 Å². The highest BCUT2D eigenvalue weighted by atomic mass is 35.5. The van der Waals surface area contributed by atoms with Crippen molar-refractivity contribution in [1.82, 2.24) is 0 Å². The number of nitro benzene ring substituents is 1. The third kappa shape index (κ3) is 5.73. The lowest BCUT2D eigenvalue weighted by molar-refractivity contribution is -0.384. The molecule has 0 radical (unpaired) electrons. The van der Waals surface area contributed by atoms with Crippen molar-refractivity contribution in [2.24, 2.45) is 0 Å². The Hall–Kier alpha value is -4.11. The molecule has 0 saturated heterocycles. The third-order valence-electron chi connectivity index (χ3n) is 4.38. The summed E-state index contributed by atoms with van der Waals surface area (Å²) in [4.78, 5) is 35.0. The van der Waals surface area contributed by atoms with Gasteiger partial charge in [-0.2, -0.15) is 0 Å². The van der Waals surface area contributed by atoms with Gasteiger partial charge in [0.2, 0.25) is 5.91 Å². The molecule has 32 heavy (non-hydrogen) atoms. The lowest BCUT2D eigenvalue weighted by Crippen LogP contribution is -2.21. The van der Waals surface area contributed by atoms with E-state index in [1.165, 1.54) is 25.3 Å². The number of carbonyl (C=O) groups is 2. The van der Waals surface area contributed by atoms with E-state index in [0.717, 1.165) is 0 Å². The minimum atomic E-state index is -0.598. The Morgan fingerprint density at radius 3 is 2.38 bits per heavy atom. The van der Waals surface area contributed by atoms with E-state index in [2.05, 4.69) is 16.0 Å². The molecule has 0 unspecified atom stereocenters. The van der Waals surface area contributed by atoms with Gasteiger partial charge in [0, 0.05) is 23.0 Å². The highest BCUT2D eigenvalue weighted by Gasteiger charge is 2.13. The first-order valence-corrected chi connectivity index (χ1v) is 9.77. The summed E-state index contributed by atoms with van der Waals surface area (Å²) in [5.41, 5.74) is 1.58. The number of ether oxygens (including phenoxy) is 1. The molecule has 3 rings (SSSR count). The minimum Gasteiger partial charge on any atom is -0.495 e. The number of nitrogens with one attached hydrogen (secondary N) is 3. The molecule has 0 saturated carbocycles. The van der Waals surface area contributed by atoms with Gasteiger partial charge in [0.25, 0.3) is 11.6 Å². The van der Waals surface area contributed by atoms with Crippen molar-refractivity contribution < 1.29 is 19.2 Å². The molecule has 9 nitrogen and oxygen atoms in total. The number of methoxy groups -OCH3 is 1. The van der Waals surface area contributed by atoms with E-state index >= 15 is 0 Å². The maximum absolute atomic E-state index is 12.5. The molecule has 0 heterocycles. The number of anilines is 3. The molecule has 0 aromatic heterocycles. The van der Waals surface area contributed by atoms with E-state index in [0.29, 0.717) is 28.4 Å². The SMILES string of the molecule is COc1ccccc1NC(=O)c1ccc(NC(=O)CNc2ccc(Cl)c([N+](=O)[O-])c2)cc1. The number of nitrogens with zero attached hydrogens (tertiary/aromatic N) is 1. The lowest BCUT2D eigenvalue weighted by atomic mass is 10.2. The van der Waals surface area contributed by atoms with Crippen molar-refractivity contribution in [1.29, 1.82) is 0 Å². The third-order valence-corrected chi connectivity index (χ3v) is 4.70. The molecule has 0 atom stereocenters. The molecule has 0 bridgehead atoms. The van der Waals surface area contributed by atoms with E-state index in [1.54, 1.807) is 48.5 Å². The summed E-state index contributed by atoms with van der Waals surface area (Å²) in [5.74, 6) is -0.143. The Bertz CT molecular complexity index is 1150. The Balaban J connectivity index is 1.56. The quantitative estimate of drug-likeness (QED) is 0.338. The number of hydrogen-bond acceptors (Lipinski definition) is 6. The number of rotatable bonds is 8. The largest absolute Gasteiger partial charge is 0.495 e. The minimum absolute atomic E-state index is 0.0137. The average molecular weight is 455 g/mol. The predicted molar refractivity (Wildman–Crippen MR) is 123 cm³/mol. The molecule has 3 aromatic rings. The fourth-order valence-electron chi connectivity index (χ4n) is 2.80. The van der Waals surface area contributed by atoms with E-state index in [4.69, 9.17) is 16.3 Å². The number of para-hydroxylation sites is 2. The number of amides is 2. The summed E-state index contributed by atoms with van der Waals surface area (Å²) in [5, 5.41) is 19.2. The van der Waals surface area contributed by atoms with Crippen LogP contribution in [0.5, 0.6) is 5.75 Å². The summed E-state index contributed by atoms with van der Waals surface area (Å²) < 4.78 is 5.22. The van der Waals surface area contributed by atoms with E-state index in [1.807, 2.05) is 0 Å². The zero-order valence-electron chi connectivity index (χ0n) is 16.9. The van der Waals surface area contributed by atoms with E-state index in [-0.39, 0.29) is 29.1 Å². The number of benzene rings is 3. The molecule has 3 N–H and O–H groups in total. The molecule has 10 heteroatoms. The van der Waals surface area contributed by atoms with Gasteiger partial charge in [-0.25, -0.2) is 0 Å². The number of halogens is 1. The first-order chi connectivity index (χ1) is 15.4. The number of nitro groups is 1. The van der Waals surface area contributed by atoms with Crippen LogP contribution in [-0.2, 0) is 4.79 Å². The van der Waals surface area contributed by atoms with Crippen molar-refractivity contribution in [2.75, 3.05) is 29.6 Å². The van der Waals surface area contributed by atoms with Crippen LogP contribution < -0.4 is 20.7 Å². The monoisotopic (exact) mass is 454 g/mol. The van der Waals surface area contributed by atoms with Crippen molar-refractivity contribution in [2.45, 2.75) is 0 Å². The average Bonchev–Trinajstić information content (AvgIpc) is 2.79. The Kier molecular flexibility index (Phi) is 7.25. The van der Waals surface area contributed by atoms with Crippen molar-refractivity contribution in [3.8, 4) is 5.75 Å². The molecular formula is C22H19ClN4O5. The highest BCUT2D eigenvalue weighted by molar-refractivity contribution is 6.32. The van der Waals surface area contributed by atoms with Crippen LogP contribution in [0.15, 0.2) is 66.7 Å². The fraction of sp³-hybridized carbons (Fsp3) is 0.0909. The normalized spacial score (nSPS) is 10.2. The van der Waals surface area contributed by atoms with Gasteiger partial charge < -0.3 is 20.7 Å². The van der Waals surface area contributed by atoms with Crippen LogP contribution in [0.25, 0.3) is 0 Å². The summed E-state index contributed by atoms with van der Waals surface area (Å²) in [7, 11) is 1.52. The molecule has 164 valence electrons. The van der Waals surface area contributed by atoms with Crippen molar-refractivity contribution in [3.05, 3.63) is 87.4 Å². The smallest absolute Gasteiger partial charge is 0.289 e. The second-order valence-corrected chi connectivity index (χ2v) is 6.96. The van der Waals surface area contributed by atoms with Crippen LogP contribution in [-0.4, -0.2) is 30.4 Å². The lowest BCUT2D eigenvalue weighted by Gasteiger charge is -2.11. The zero-order valence-corrected chi connectivity index (χ0v) is 17.7. The second-order valence-electron chi connectivity index (χ2n) is 6.56. The summed E-state index contributed by atoms with van der Waals surface area (Å²) >= 11 is 5.77. The van der Waals surface area contributed by atoms with Gasteiger partial charge in [-0.3, -0.25) is 19.7 Å². The highest BCUT2D eigenvalue weighted by Crippen LogP contribution is 2.27. The molecule has 0 aliphatic rings. The fourth-order valence-corrected chi connectivity index (χ4v) is 2.98. The van der Waals surface area contributed by atoms with Gasteiger partial charge in [-0.05, 0) is 48.5 Å². The van der Waals surface area contributed by atoms with Gasteiger partial charge in [-0.15, -0.1) is 0 Å². The summed E-state index contributed by atoms with van der Waals surface area (Å²) in [6.45, 7) is -0.116. The van der Waals surface area contributed by atoms with Crippen LogP contribution in [0, 0.1) is 10.1 Å². The van der Waals surface area contributed by atoms with Crippen LogP contribution in [0.2, 0.25) is 5.02 Å². The van der Waals surface area contributed by atoms with Gasteiger partial charge in [0.05, 0.1) is 24.3 Å². The van der Waals surface area contributed by atoms with Crippen molar-refractivity contribution >= 4 is 46.2 Å².